The Morgan fingerprint density at radius 2 is 2.00 bits per heavy atom. The lowest BCUT2D eigenvalue weighted by atomic mass is 9.97. The van der Waals surface area contributed by atoms with Gasteiger partial charge in [0.05, 0.1) is 22.8 Å². The van der Waals surface area contributed by atoms with E-state index in [0.717, 1.165) is 23.3 Å². The van der Waals surface area contributed by atoms with Crippen molar-refractivity contribution in [3.63, 3.8) is 0 Å². The maximum Gasteiger partial charge on any atom is 0.416 e. The Morgan fingerprint density at radius 1 is 1.17 bits per heavy atom. The standard InChI is InChI=1S/C25H18ClF3N4O3/c1-11-15-9-13(35-22-14-4-7-20(34)33-23(14)30-10-16(22)26)3-6-19(15)36-21(11)24-31-17-5-2-12(25(27,28)29)8-18(17)32-24/h2-3,5-6,8-11,21H,4,7H2,1H3,(H,31,32)(H,30,33,34). The van der Waals surface area contributed by atoms with E-state index < -0.39 is 17.8 Å². The molecule has 0 aliphatic carbocycles. The Balaban J connectivity index is 1.29. The summed E-state index contributed by atoms with van der Waals surface area (Å²) >= 11 is 6.37. The van der Waals surface area contributed by atoms with Gasteiger partial charge in [0.2, 0.25) is 5.91 Å². The monoisotopic (exact) mass is 514 g/mol. The highest BCUT2D eigenvalue weighted by molar-refractivity contribution is 6.32. The summed E-state index contributed by atoms with van der Waals surface area (Å²) in [6.07, 6.45) is -2.75. The molecule has 0 bridgehead atoms. The molecule has 1 amide bonds. The average Bonchev–Trinajstić information content (AvgIpc) is 3.40. The normalized spacial score (nSPS) is 19.0. The Bertz CT molecular complexity index is 1540. The molecule has 2 aromatic heterocycles. The van der Waals surface area contributed by atoms with E-state index in [1.807, 2.05) is 13.0 Å². The van der Waals surface area contributed by atoms with Gasteiger partial charge >= 0.3 is 6.18 Å². The van der Waals surface area contributed by atoms with Crippen LogP contribution in [0, 0.1) is 0 Å². The van der Waals surface area contributed by atoms with Gasteiger partial charge in [-0.1, -0.05) is 18.5 Å². The SMILES string of the molecule is CC1c2cc(Oc3c(Cl)cnc4c3CCC(=O)N4)ccc2OC1c1nc2ccc(C(F)(F)F)cc2[nH]1. The van der Waals surface area contributed by atoms with Crippen LogP contribution in [0.1, 0.15) is 47.9 Å². The summed E-state index contributed by atoms with van der Waals surface area (Å²) in [5.41, 5.74) is 1.57. The Hall–Kier alpha value is -3.79. The van der Waals surface area contributed by atoms with E-state index in [0.29, 0.717) is 57.8 Å². The fraction of sp³-hybridized carbons (Fsp3) is 0.240. The summed E-state index contributed by atoms with van der Waals surface area (Å²) in [5, 5.41) is 3.05. The summed E-state index contributed by atoms with van der Waals surface area (Å²) in [7, 11) is 0. The number of anilines is 1. The van der Waals surface area contributed by atoms with Crippen molar-refractivity contribution in [2.75, 3.05) is 5.32 Å². The molecule has 6 rings (SSSR count). The molecule has 11 heteroatoms. The van der Waals surface area contributed by atoms with Gasteiger partial charge in [-0.2, -0.15) is 13.2 Å². The predicted octanol–water partition coefficient (Wildman–Crippen LogP) is 6.54. The van der Waals surface area contributed by atoms with Crippen LogP contribution in [-0.4, -0.2) is 20.9 Å². The van der Waals surface area contributed by atoms with Gasteiger partial charge < -0.3 is 19.8 Å². The minimum atomic E-state index is -4.44. The Labute approximate surface area is 207 Å². The molecule has 4 heterocycles. The molecule has 0 fully saturated rings. The van der Waals surface area contributed by atoms with Gasteiger partial charge in [-0.15, -0.1) is 0 Å². The van der Waals surface area contributed by atoms with E-state index in [9.17, 15) is 18.0 Å². The minimum Gasteiger partial charge on any atom is -0.482 e. The predicted molar refractivity (Wildman–Crippen MR) is 126 cm³/mol. The Kier molecular flexibility index (Phi) is 5.11. The van der Waals surface area contributed by atoms with E-state index in [4.69, 9.17) is 21.1 Å². The van der Waals surface area contributed by atoms with Gasteiger partial charge in [0.25, 0.3) is 0 Å². The summed E-state index contributed by atoms with van der Waals surface area (Å²) in [6.45, 7) is 1.95. The van der Waals surface area contributed by atoms with E-state index >= 15 is 0 Å². The van der Waals surface area contributed by atoms with Crippen molar-refractivity contribution in [2.45, 2.75) is 38.0 Å². The third-order valence-corrected chi connectivity index (χ3v) is 6.71. The molecule has 7 nitrogen and oxygen atoms in total. The first-order valence-corrected chi connectivity index (χ1v) is 11.6. The third kappa shape index (κ3) is 3.81. The summed E-state index contributed by atoms with van der Waals surface area (Å²) in [4.78, 5) is 23.4. The number of fused-ring (bicyclic) bond motifs is 3. The molecule has 2 aliphatic heterocycles. The highest BCUT2D eigenvalue weighted by Gasteiger charge is 2.36. The summed E-state index contributed by atoms with van der Waals surface area (Å²) < 4.78 is 51.5. The first kappa shape index (κ1) is 22.7. The maximum atomic E-state index is 13.1. The van der Waals surface area contributed by atoms with Crippen molar-refractivity contribution in [3.05, 3.63) is 70.1 Å². The number of halogens is 4. The van der Waals surface area contributed by atoms with E-state index in [2.05, 4.69) is 20.3 Å². The van der Waals surface area contributed by atoms with Crippen molar-refractivity contribution in [2.24, 2.45) is 0 Å². The van der Waals surface area contributed by atoms with Crippen LogP contribution in [0.25, 0.3) is 11.0 Å². The van der Waals surface area contributed by atoms with Crippen molar-refractivity contribution in [1.82, 2.24) is 15.0 Å². The van der Waals surface area contributed by atoms with Crippen LogP contribution in [0.15, 0.2) is 42.6 Å². The number of nitrogens with one attached hydrogen (secondary N) is 2. The lowest BCUT2D eigenvalue weighted by molar-refractivity contribution is -0.137. The average molecular weight is 515 g/mol. The van der Waals surface area contributed by atoms with E-state index in [1.165, 1.54) is 12.3 Å². The molecule has 184 valence electrons. The van der Waals surface area contributed by atoms with Gasteiger partial charge in [0.1, 0.15) is 28.2 Å². The minimum absolute atomic E-state index is 0.113. The van der Waals surface area contributed by atoms with Gasteiger partial charge in [0.15, 0.2) is 11.9 Å². The van der Waals surface area contributed by atoms with Crippen LogP contribution < -0.4 is 14.8 Å². The number of alkyl halides is 3. The van der Waals surface area contributed by atoms with E-state index in [-0.39, 0.29) is 11.8 Å². The maximum absolute atomic E-state index is 13.1. The van der Waals surface area contributed by atoms with Crippen LogP contribution in [-0.2, 0) is 17.4 Å². The Morgan fingerprint density at radius 3 is 2.81 bits per heavy atom. The molecule has 2 atom stereocenters. The zero-order valence-corrected chi connectivity index (χ0v) is 19.5. The number of amides is 1. The number of hydrogen-bond acceptors (Lipinski definition) is 5. The first-order valence-electron chi connectivity index (χ1n) is 11.2. The number of nitrogens with zero attached hydrogens (tertiary/aromatic N) is 2. The number of aromatic nitrogens is 3. The van der Waals surface area contributed by atoms with Crippen molar-refractivity contribution in [3.8, 4) is 17.2 Å². The van der Waals surface area contributed by atoms with E-state index in [1.54, 1.807) is 12.1 Å². The zero-order valence-electron chi connectivity index (χ0n) is 18.7. The molecule has 36 heavy (non-hydrogen) atoms. The molecule has 2 aliphatic rings. The van der Waals surface area contributed by atoms with Crippen LogP contribution in [0.4, 0.5) is 19.0 Å². The largest absolute Gasteiger partial charge is 0.482 e. The van der Waals surface area contributed by atoms with Crippen LogP contribution in [0.3, 0.4) is 0 Å². The number of carbonyl (C=O) groups is 1. The number of aromatic amines is 1. The molecule has 4 aromatic rings. The van der Waals surface area contributed by atoms with Crippen LogP contribution in [0.2, 0.25) is 5.02 Å². The van der Waals surface area contributed by atoms with Gasteiger partial charge in [0, 0.05) is 23.5 Å². The number of rotatable bonds is 3. The van der Waals surface area contributed by atoms with Crippen molar-refractivity contribution in [1.29, 1.82) is 0 Å². The highest BCUT2D eigenvalue weighted by Crippen LogP contribution is 2.48. The molecule has 2 N–H and O–H groups in total. The number of imidazole rings is 1. The molecule has 0 saturated carbocycles. The third-order valence-electron chi connectivity index (χ3n) is 6.44. The quantitative estimate of drug-likeness (QED) is 0.324. The lowest BCUT2D eigenvalue weighted by Crippen LogP contribution is -2.20. The smallest absolute Gasteiger partial charge is 0.416 e. The molecule has 2 unspecified atom stereocenters. The molecule has 2 aromatic carbocycles. The molecule has 0 spiro atoms. The van der Waals surface area contributed by atoms with Gasteiger partial charge in [-0.05, 0) is 42.8 Å². The molecule has 0 saturated heterocycles. The second kappa shape index (κ2) is 8.12. The van der Waals surface area contributed by atoms with Gasteiger partial charge in [-0.25, -0.2) is 9.97 Å². The summed E-state index contributed by atoms with van der Waals surface area (Å²) in [5.74, 6) is 2.19. The summed E-state index contributed by atoms with van der Waals surface area (Å²) in [6, 6.07) is 8.76. The van der Waals surface area contributed by atoms with Gasteiger partial charge in [-0.3, -0.25) is 4.79 Å². The number of ether oxygens (including phenoxy) is 2. The second-order valence-corrected chi connectivity index (χ2v) is 9.20. The first-order chi connectivity index (χ1) is 17.2. The van der Waals surface area contributed by atoms with Crippen LogP contribution >= 0.6 is 11.6 Å². The fourth-order valence-electron chi connectivity index (χ4n) is 4.60. The lowest BCUT2D eigenvalue weighted by Gasteiger charge is -2.20. The van der Waals surface area contributed by atoms with Crippen molar-refractivity contribution < 1.29 is 27.4 Å². The fourth-order valence-corrected chi connectivity index (χ4v) is 4.80. The second-order valence-electron chi connectivity index (χ2n) is 8.79. The number of H-pyrrole nitrogens is 1. The highest BCUT2D eigenvalue weighted by atomic mass is 35.5. The number of hydrogen-bond donors (Lipinski definition) is 2. The molecular weight excluding hydrogens is 497 g/mol. The zero-order chi connectivity index (χ0) is 25.2. The number of pyridine rings is 1. The topological polar surface area (TPSA) is 89.1 Å². The number of carbonyl (C=O) groups excluding carboxylic acids is 1. The molecular formula is C25H18ClF3N4O3. The number of benzene rings is 2. The van der Waals surface area contributed by atoms with Crippen molar-refractivity contribution >= 4 is 34.4 Å². The van der Waals surface area contributed by atoms with Crippen LogP contribution in [0.5, 0.6) is 17.2 Å². The molecule has 0 radical (unpaired) electrons.